The molecule has 156 valence electrons. The summed E-state index contributed by atoms with van der Waals surface area (Å²) in [5.74, 6) is 0.227. The standard InChI is InChI=1S/C22H21N7O2/c1-14-4-2-7-18(12-14)28-20(30)11-10-19(25-28)22(31)23-16-6-3-5-15(13-16)21-24-26-27-29(21)17-8-9-17/h2-7,12-13,17H,8-11H2,1H3,(H,23,31). The molecule has 9 nitrogen and oxygen atoms in total. The Kier molecular flexibility index (Phi) is 4.78. The average molecular weight is 415 g/mol. The first-order valence-electron chi connectivity index (χ1n) is 10.3. The van der Waals surface area contributed by atoms with Gasteiger partial charge < -0.3 is 5.32 Å². The molecule has 0 bridgehead atoms. The van der Waals surface area contributed by atoms with Gasteiger partial charge in [-0.2, -0.15) is 5.10 Å². The molecule has 0 unspecified atom stereocenters. The van der Waals surface area contributed by atoms with Crippen molar-refractivity contribution in [3.05, 3.63) is 54.1 Å². The maximum Gasteiger partial charge on any atom is 0.271 e. The highest BCUT2D eigenvalue weighted by atomic mass is 16.2. The maximum atomic E-state index is 12.9. The van der Waals surface area contributed by atoms with E-state index in [0.717, 1.165) is 24.0 Å². The number of aryl methyl sites for hydroxylation is 1. The summed E-state index contributed by atoms with van der Waals surface area (Å²) in [6.45, 7) is 1.95. The molecule has 1 fully saturated rings. The van der Waals surface area contributed by atoms with Crippen molar-refractivity contribution in [2.24, 2.45) is 5.10 Å². The van der Waals surface area contributed by atoms with Gasteiger partial charge in [0, 0.05) is 24.1 Å². The smallest absolute Gasteiger partial charge is 0.271 e. The van der Waals surface area contributed by atoms with Crippen molar-refractivity contribution in [3.8, 4) is 11.4 Å². The maximum absolute atomic E-state index is 12.9. The van der Waals surface area contributed by atoms with Crippen LogP contribution in [0.15, 0.2) is 53.6 Å². The lowest BCUT2D eigenvalue weighted by molar-refractivity contribution is -0.118. The monoisotopic (exact) mass is 415 g/mol. The van der Waals surface area contributed by atoms with E-state index in [-0.39, 0.29) is 18.2 Å². The third-order valence-electron chi connectivity index (χ3n) is 5.31. The first-order valence-corrected chi connectivity index (χ1v) is 10.3. The van der Waals surface area contributed by atoms with Crippen molar-refractivity contribution in [2.45, 2.75) is 38.6 Å². The summed E-state index contributed by atoms with van der Waals surface area (Å²) in [5.41, 5.74) is 3.44. The van der Waals surface area contributed by atoms with Gasteiger partial charge in [0.15, 0.2) is 5.82 Å². The number of hydrazone groups is 1. The van der Waals surface area contributed by atoms with Crippen LogP contribution in [-0.2, 0) is 9.59 Å². The van der Waals surface area contributed by atoms with Gasteiger partial charge in [-0.3, -0.25) is 9.59 Å². The number of rotatable bonds is 5. The molecule has 1 aliphatic carbocycles. The molecular formula is C22H21N7O2. The Morgan fingerprint density at radius 3 is 2.74 bits per heavy atom. The van der Waals surface area contributed by atoms with Crippen molar-refractivity contribution in [1.29, 1.82) is 0 Å². The molecule has 3 aromatic rings. The fourth-order valence-corrected chi connectivity index (χ4v) is 3.57. The number of hydrogen-bond donors (Lipinski definition) is 1. The van der Waals surface area contributed by atoms with Gasteiger partial charge in [-0.15, -0.1) is 5.10 Å². The van der Waals surface area contributed by atoms with E-state index in [2.05, 4.69) is 25.9 Å². The number of carbonyl (C=O) groups is 2. The van der Waals surface area contributed by atoms with Crippen LogP contribution in [0, 0.1) is 6.92 Å². The molecule has 0 saturated heterocycles. The third kappa shape index (κ3) is 3.94. The molecule has 9 heteroatoms. The Labute approximate surface area is 178 Å². The second-order valence-electron chi connectivity index (χ2n) is 7.80. The Bertz CT molecular complexity index is 1200. The number of tetrazole rings is 1. The highest BCUT2D eigenvalue weighted by molar-refractivity contribution is 6.44. The Hall–Kier alpha value is -3.88. The Morgan fingerprint density at radius 1 is 1.10 bits per heavy atom. The molecule has 2 aromatic carbocycles. The molecular weight excluding hydrogens is 394 g/mol. The first-order chi connectivity index (χ1) is 15.1. The van der Waals surface area contributed by atoms with E-state index in [1.54, 1.807) is 6.07 Å². The quantitative estimate of drug-likeness (QED) is 0.689. The lowest BCUT2D eigenvalue weighted by Crippen LogP contribution is -2.36. The van der Waals surface area contributed by atoms with E-state index in [4.69, 9.17) is 0 Å². The van der Waals surface area contributed by atoms with Gasteiger partial charge in [-0.25, -0.2) is 9.69 Å². The van der Waals surface area contributed by atoms with Crippen molar-refractivity contribution in [2.75, 3.05) is 10.3 Å². The van der Waals surface area contributed by atoms with Crippen LogP contribution >= 0.6 is 0 Å². The van der Waals surface area contributed by atoms with Gasteiger partial charge >= 0.3 is 0 Å². The van der Waals surface area contributed by atoms with E-state index in [1.807, 2.05) is 54.1 Å². The molecule has 2 heterocycles. The number of amides is 2. The number of benzene rings is 2. The lowest BCUT2D eigenvalue weighted by Gasteiger charge is -2.23. The van der Waals surface area contributed by atoms with Crippen LogP contribution < -0.4 is 10.3 Å². The van der Waals surface area contributed by atoms with E-state index in [9.17, 15) is 9.59 Å². The molecule has 1 aromatic heterocycles. The number of nitrogens with one attached hydrogen (secondary N) is 1. The molecule has 1 N–H and O–H groups in total. The minimum absolute atomic E-state index is 0.129. The van der Waals surface area contributed by atoms with Crippen molar-refractivity contribution >= 4 is 28.9 Å². The van der Waals surface area contributed by atoms with Crippen molar-refractivity contribution < 1.29 is 9.59 Å². The number of aromatic nitrogens is 4. The van der Waals surface area contributed by atoms with Gasteiger partial charge in [0.1, 0.15) is 5.71 Å². The molecule has 31 heavy (non-hydrogen) atoms. The highest BCUT2D eigenvalue weighted by Gasteiger charge is 2.29. The van der Waals surface area contributed by atoms with E-state index >= 15 is 0 Å². The minimum Gasteiger partial charge on any atom is -0.321 e. The molecule has 0 atom stereocenters. The average Bonchev–Trinajstić information content (AvgIpc) is 3.50. The van der Waals surface area contributed by atoms with Gasteiger partial charge in [-0.1, -0.05) is 24.3 Å². The van der Waals surface area contributed by atoms with Crippen LogP contribution in [-0.4, -0.2) is 37.7 Å². The number of carbonyl (C=O) groups excluding carboxylic acids is 2. The molecule has 1 saturated carbocycles. The second-order valence-corrected chi connectivity index (χ2v) is 7.80. The summed E-state index contributed by atoms with van der Waals surface area (Å²) >= 11 is 0. The first kappa shape index (κ1) is 19.1. The highest BCUT2D eigenvalue weighted by Crippen LogP contribution is 2.36. The van der Waals surface area contributed by atoms with Crippen LogP contribution in [0.2, 0.25) is 0 Å². The van der Waals surface area contributed by atoms with Crippen molar-refractivity contribution in [3.63, 3.8) is 0 Å². The zero-order chi connectivity index (χ0) is 21.4. The summed E-state index contributed by atoms with van der Waals surface area (Å²) in [5, 5.41) is 20.6. The molecule has 0 radical (unpaired) electrons. The summed E-state index contributed by atoms with van der Waals surface area (Å²) in [6.07, 6.45) is 2.68. The fourth-order valence-electron chi connectivity index (χ4n) is 3.57. The van der Waals surface area contributed by atoms with Crippen LogP contribution in [0.5, 0.6) is 0 Å². The minimum atomic E-state index is -0.330. The predicted octanol–water partition coefficient (Wildman–Crippen LogP) is 3.10. The van der Waals surface area contributed by atoms with Crippen LogP contribution in [0.4, 0.5) is 11.4 Å². The third-order valence-corrected chi connectivity index (χ3v) is 5.31. The van der Waals surface area contributed by atoms with Crippen LogP contribution in [0.25, 0.3) is 11.4 Å². The number of hydrogen-bond acceptors (Lipinski definition) is 6. The normalized spacial score (nSPS) is 16.2. The topological polar surface area (TPSA) is 105 Å². The zero-order valence-electron chi connectivity index (χ0n) is 17.0. The summed E-state index contributed by atoms with van der Waals surface area (Å²) in [6, 6.07) is 15.3. The van der Waals surface area contributed by atoms with E-state index in [1.165, 1.54) is 5.01 Å². The fraction of sp³-hybridized carbons (Fsp3) is 0.273. The molecule has 2 aliphatic rings. The van der Waals surface area contributed by atoms with Crippen molar-refractivity contribution in [1.82, 2.24) is 20.2 Å². The molecule has 1 aliphatic heterocycles. The van der Waals surface area contributed by atoms with Gasteiger partial charge in [-0.05, 0) is 60.0 Å². The summed E-state index contributed by atoms with van der Waals surface area (Å²) in [7, 11) is 0. The SMILES string of the molecule is Cc1cccc(N2N=C(C(=O)Nc3cccc(-c4nnnn4C4CC4)c3)CCC2=O)c1. The summed E-state index contributed by atoms with van der Waals surface area (Å²) in [4.78, 5) is 25.2. The van der Waals surface area contributed by atoms with Crippen LogP contribution in [0.1, 0.15) is 37.3 Å². The lowest BCUT2D eigenvalue weighted by atomic mass is 10.1. The number of anilines is 2. The van der Waals surface area contributed by atoms with Crippen LogP contribution in [0.3, 0.4) is 0 Å². The largest absolute Gasteiger partial charge is 0.321 e. The van der Waals surface area contributed by atoms with E-state index in [0.29, 0.717) is 35.4 Å². The second kappa shape index (κ2) is 7.75. The van der Waals surface area contributed by atoms with Gasteiger partial charge in [0.05, 0.1) is 11.7 Å². The van der Waals surface area contributed by atoms with Gasteiger partial charge in [0.25, 0.3) is 5.91 Å². The zero-order valence-corrected chi connectivity index (χ0v) is 17.0. The predicted molar refractivity (Wildman–Crippen MR) is 115 cm³/mol. The molecule has 5 rings (SSSR count). The molecule has 0 spiro atoms. The Balaban J connectivity index is 1.37. The van der Waals surface area contributed by atoms with Gasteiger partial charge in [0.2, 0.25) is 5.91 Å². The Morgan fingerprint density at radius 2 is 1.94 bits per heavy atom. The van der Waals surface area contributed by atoms with E-state index < -0.39 is 0 Å². The number of nitrogens with zero attached hydrogens (tertiary/aromatic N) is 6. The molecule has 2 amide bonds. The summed E-state index contributed by atoms with van der Waals surface area (Å²) < 4.78 is 1.83.